The highest BCUT2D eigenvalue weighted by Gasteiger charge is 2.50. The highest BCUT2D eigenvalue weighted by molar-refractivity contribution is 5.86. The lowest BCUT2D eigenvalue weighted by Gasteiger charge is -2.44. The van der Waals surface area contributed by atoms with Crippen LogP contribution in [0.5, 0.6) is 0 Å². The summed E-state index contributed by atoms with van der Waals surface area (Å²) >= 11 is 0. The van der Waals surface area contributed by atoms with E-state index in [0.717, 1.165) is 57.4 Å². The quantitative estimate of drug-likeness (QED) is 0.816. The molecule has 0 bridgehead atoms. The van der Waals surface area contributed by atoms with E-state index in [1.54, 1.807) is 12.1 Å². The van der Waals surface area contributed by atoms with Gasteiger partial charge in [-0.1, -0.05) is 12.1 Å². The molecule has 0 radical (unpaired) electrons. The second-order valence-electron chi connectivity index (χ2n) is 8.09. The molecule has 2 amide bonds. The minimum absolute atomic E-state index is 0.0227. The van der Waals surface area contributed by atoms with Crippen molar-refractivity contribution in [2.75, 3.05) is 32.8 Å². The smallest absolute Gasteiger partial charge is 0.230 e. The molecule has 0 aromatic heterocycles. The number of hydrogen-bond donors (Lipinski definition) is 0. The minimum atomic E-state index is -0.408. The standard InChI is InChI=1S/C21H27FN2O3/c22-17-4-2-16(3-5-17)14-19(25)23-11-9-21(15-23)8-1-10-24(20(21)26)18-6-12-27-13-7-18/h2-5,18H,1,6-15H2/t21-/m0/s1. The Bertz CT molecular complexity index is 702. The van der Waals surface area contributed by atoms with E-state index in [9.17, 15) is 14.0 Å². The maximum absolute atomic E-state index is 13.3. The van der Waals surface area contributed by atoms with Crippen molar-refractivity contribution in [3.63, 3.8) is 0 Å². The Kier molecular flexibility index (Phi) is 5.17. The average Bonchev–Trinajstić information content (AvgIpc) is 3.12. The summed E-state index contributed by atoms with van der Waals surface area (Å²) in [4.78, 5) is 29.9. The van der Waals surface area contributed by atoms with Gasteiger partial charge in [-0.3, -0.25) is 9.59 Å². The second-order valence-corrected chi connectivity index (χ2v) is 8.09. The van der Waals surface area contributed by atoms with Crippen LogP contribution in [0.3, 0.4) is 0 Å². The molecule has 5 nitrogen and oxygen atoms in total. The van der Waals surface area contributed by atoms with E-state index in [1.807, 2.05) is 4.90 Å². The molecule has 1 aromatic rings. The van der Waals surface area contributed by atoms with Crippen LogP contribution in [0.15, 0.2) is 24.3 Å². The Hall–Kier alpha value is -1.95. The fourth-order valence-electron chi connectivity index (χ4n) is 4.80. The Labute approximate surface area is 159 Å². The molecule has 1 atom stereocenters. The number of benzene rings is 1. The monoisotopic (exact) mass is 374 g/mol. The highest BCUT2D eigenvalue weighted by atomic mass is 19.1. The summed E-state index contributed by atoms with van der Waals surface area (Å²) in [6, 6.07) is 6.34. The predicted octanol–water partition coefficient (Wildman–Crippen LogP) is 2.39. The van der Waals surface area contributed by atoms with Gasteiger partial charge in [0.15, 0.2) is 0 Å². The Morgan fingerprint density at radius 2 is 1.89 bits per heavy atom. The number of piperidine rings is 1. The number of carbonyl (C=O) groups excluding carboxylic acids is 2. The van der Waals surface area contributed by atoms with Crippen LogP contribution in [0.2, 0.25) is 0 Å². The van der Waals surface area contributed by atoms with Crippen molar-refractivity contribution >= 4 is 11.8 Å². The van der Waals surface area contributed by atoms with E-state index < -0.39 is 5.41 Å². The van der Waals surface area contributed by atoms with Crippen molar-refractivity contribution in [1.82, 2.24) is 9.80 Å². The Morgan fingerprint density at radius 3 is 2.63 bits per heavy atom. The molecule has 6 heteroatoms. The largest absolute Gasteiger partial charge is 0.381 e. The van der Waals surface area contributed by atoms with E-state index >= 15 is 0 Å². The van der Waals surface area contributed by atoms with Gasteiger partial charge in [-0.05, 0) is 49.8 Å². The number of halogens is 1. The molecule has 3 fully saturated rings. The molecule has 27 heavy (non-hydrogen) atoms. The van der Waals surface area contributed by atoms with Crippen LogP contribution >= 0.6 is 0 Å². The van der Waals surface area contributed by atoms with Gasteiger partial charge < -0.3 is 14.5 Å². The van der Waals surface area contributed by atoms with E-state index in [1.165, 1.54) is 12.1 Å². The molecule has 0 N–H and O–H groups in total. The summed E-state index contributed by atoms with van der Waals surface area (Å²) in [6.45, 7) is 3.43. The van der Waals surface area contributed by atoms with Crippen LogP contribution in [0, 0.1) is 11.2 Å². The Balaban J connectivity index is 1.41. The number of rotatable bonds is 3. The molecule has 0 unspecified atom stereocenters. The summed E-state index contributed by atoms with van der Waals surface area (Å²) in [5, 5.41) is 0. The number of amides is 2. The first kappa shape index (κ1) is 18.4. The lowest BCUT2D eigenvalue weighted by molar-refractivity contribution is -0.150. The van der Waals surface area contributed by atoms with Crippen LogP contribution in [0.4, 0.5) is 4.39 Å². The van der Waals surface area contributed by atoms with Gasteiger partial charge in [0.05, 0.1) is 11.8 Å². The third kappa shape index (κ3) is 3.72. The summed E-state index contributed by atoms with van der Waals surface area (Å²) < 4.78 is 18.5. The number of ether oxygens (including phenoxy) is 1. The van der Waals surface area contributed by atoms with Crippen LogP contribution in [-0.4, -0.2) is 60.5 Å². The molecule has 4 rings (SSSR count). The zero-order chi connectivity index (χ0) is 18.9. The maximum atomic E-state index is 13.3. The first-order chi connectivity index (χ1) is 13.1. The lowest BCUT2D eigenvalue weighted by Crippen LogP contribution is -2.55. The molecule has 3 heterocycles. The third-order valence-electron chi connectivity index (χ3n) is 6.38. The molecule has 1 aromatic carbocycles. The topological polar surface area (TPSA) is 49.9 Å². The van der Waals surface area contributed by atoms with Crippen molar-refractivity contribution < 1.29 is 18.7 Å². The van der Waals surface area contributed by atoms with Crippen LogP contribution in [0.25, 0.3) is 0 Å². The molecule has 1 spiro atoms. The van der Waals surface area contributed by atoms with E-state index in [2.05, 4.69) is 4.90 Å². The number of likely N-dealkylation sites (tertiary alicyclic amines) is 2. The van der Waals surface area contributed by atoms with Gasteiger partial charge in [-0.25, -0.2) is 4.39 Å². The van der Waals surface area contributed by atoms with Crippen LogP contribution in [-0.2, 0) is 20.7 Å². The van der Waals surface area contributed by atoms with Crippen molar-refractivity contribution in [3.8, 4) is 0 Å². The molecular formula is C21H27FN2O3. The van der Waals surface area contributed by atoms with Gasteiger partial charge >= 0.3 is 0 Å². The van der Waals surface area contributed by atoms with Crippen LogP contribution in [0.1, 0.15) is 37.7 Å². The number of nitrogens with zero attached hydrogens (tertiary/aromatic N) is 2. The number of carbonyl (C=O) groups is 2. The SMILES string of the molecule is O=C(Cc1ccc(F)cc1)N1CC[C@@]2(CCCN(C3CCOCC3)C2=O)C1. The molecule has 3 aliphatic heterocycles. The highest BCUT2D eigenvalue weighted by Crippen LogP contribution is 2.41. The number of hydrogen-bond acceptors (Lipinski definition) is 3. The molecule has 3 aliphatic rings. The average molecular weight is 374 g/mol. The third-order valence-corrected chi connectivity index (χ3v) is 6.38. The van der Waals surface area contributed by atoms with E-state index in [4.69, 9.17) is 4.74 Å². The van der Waals surface area contributed by atoms with Gasteiger partial charge in [0.1, 0.15) is 5.82 Å². The van der Waals surface area contributed by atoms with Gasteiger partial charge in [0.25, 0.3) is 0 Å². The molecular weight excluding hydrogens is 347 g/mol. The fraction of sp³-hybridized carbons (Fsp3) is 0.619. The second kappa shape index (κ2) is 7.58. The van der Waals surface area contributed by atoms with Gasteiger partial charge in [0.2, 0.25) is 11.8 Å². The normalized spacial score (nSPS) is 26.8. The van der Waals surface area contributed by atoms with Gasteiger partial charge in [0, 0.05) is 38.9 Å². The summed E-state index contributed by atoms with van der Waals surface area (Å²) in [7, 11) is 0. The lowest BCUT2D eigenvalue weighted by atomic mass is 9.77. The summed E-state index contributed by atoms with van der Waals surface area (Å²) in [5.41, 5.74) is 0.399. The van der Waals surface area contributed by atoms with Crippen molar-refractivity contribution in [1.29, 1.82) is 0 Å². The van der Waals surface area contributed by atoms with Gasteiger partial charge in [-0.2, -0.15) is 0 Å². The van der Waals surface area contributed by atoms with Gasteiger partial charge in [-0.15, -0.1) is 0 Å². The molecule has 0 saturated carbocycles. The summed E-state index contributed by atoms with van der Waals surface area (Å²) in [5.74, 6) is -0.0421. The minimum Gasteiger partial charge on any atom is -0.381 e. The van der Waals surface area contributed by atoms with Crippen molar-refractivity contribution in [2.24, 2.45) is 5.41 Å². The first-order valence-electron chi connectivity index (χ1n) is 9.98. The predicted molar refractivity (Wildman–Crippen MR) is 98.5 cm³/mol. The zero-order valence-corrected chi connectivity index (χ0v) is 15.7. The molecule has 3 saturated heterocycles. The first-order valence-corrected chi connectivity index (χ1v) is 9.98. The zero-order valence-electron chi connectivity index (χ0n) is 15.7. The van der Waals surface area contributed by atoms with Crippen molar-refractivity contribution in [3.05, 3.63) is 35.6 Å². The maximum Gasteiger partial charge on any atom is 0.230 e. The van der Waals surface area contributed by atoms with Crippen LogP contribution < -0.4 is 0 Å². The Morgan fingerprint density at radius 1 is 1.15 bits per heavy atom. The molecule has 146 valence electrons. The summed E-state index contributed by atoms with van der Waals surface area (Å²) in [6.07, 6.45) is 4.70. The van der Waals surface area contributed by atoms with Crippen molar-refractivity contribution in [2.45, 2.75) is 44.6 Å². The molecule has 0 aliphatic carbocycles. The van der Waals surface area contributed by atoms with E-state index in [0.29, 0.717) is 13.1 Å². The van der Waals surface area contributed by atoms with E-state index in [-0.39, 0.29) is 30.1 Å². The fourth-order valence-corrected chi connectivity index (χ4v) is 4.80.